The molecular formula is C22H36. The lowest BCUT2D eigenvalue weighted by Crippen LogP contribution is -2.60. The van der Waals surface area contributed by atoms with E-state index in [1.54, 1.807) is 22.3 Å². The monoisotopic (exact) mass is 300 g/mol. The fraction of sp³-hybridized carbons (Fsp3) is 0.727. The van der Waals surface area contributed by atoms with Crippen LogP contribution in [-0.2, 0) is 0 Å². The molecule has 0 heteroatoms. The molecule has 0 aromatic heterocycles. The zero-order valence-corrected chi connectivity index (χ0v) is 17.0. The van der Waals surface area contributed by atoms with Crippen molar-refractivity contribution in [2.24, 2.45) is 21.7 Å². The normalized spacial score (nSPS) is 37.6. The highest BCUT2D eigenvalue weighted by Gasteiger charge is 2.64. The Kier molecular flexibility index (Phi) is 3.51. The van der Waals surface area contributed by atoms with Crippen molar-refractivity contribution in [2.75, 3.05) is 0 Å². The number of allylic oxidation sites excluding steroid dienone is 6. The van der Waals surface area contributed by atoms with E-state index in [9.17, 15) is 0 Å². The first kappa shape index (κ1) is 17.6. The van der Waals surface area contributed by atoms with Gasteiger partial charge in [0, 0.05) is 10.8 Å². The Bertz CT molecular complexity index is 577. The van der Waals surface area contributed by atoms with Gasteiger partial charge in [0.1, 0.15) is 0 Å². The maximum Gasteiger partial charge on any atom is 0.0152 e. The molecule has 0 aromatic carbocycles. The molecule has 0 heterocycles. The molecule has 2 atom stereocenters. The highest BCUT2D eigenvalue weighted by atomic mass is 14.7. The highest BCUT2D eigenvalue weighted by molar-refractivity contribution is 5.54. The number of hydrogen-bond acceptors (Lipinski definition) is 0. The first-order valence-electron chi connectivity index (χ1n) is 8.75. The topological polar surface area (TPSA) is 0 Å². The lowest BCUT2D eigenvalue weighted by atomic mass is 9.36. The predicted octanol–water partition coefficient (Wildman–Crippen LogP) is 7.09. The standard InChI is InChI=1S/C22H36/c1-13-14(2)16(4)22(12)18(6)17(5)21(11,15(13)3)19(7,8)20(22,9)10/h1-12H3. The van der Waals surface area contributed by atoms with Crippen LogP contribution in [0.2, 0.25) is 0 Å². The molecule has 0 saturated heterocycles. The second-order valence-corrected chi connectivity index (χ2v) is 9.25. The molecule has 2 bridgehead atoms. The smallest absolute Gasteiger partial charge is 0.0152 e. The molecule has 0 spiro atoms. The van der Waals surface area contributed by atoms with E-state index < -0.39 is 0 Å². The van der Waals surface area contributed by atoms with Gasteiger partial charge in [0.25, 0.3) is 0 Å². The molecule has 0 radical (unpaired) electrons. The zero-order valence-electron chi connectivity index (χ0n) is 17.0. The predicted molar refractivity (Wildman–Crippen MR) is 98.9 cm³/mol. The number of rotatable bonds is 0. The zero-order chi connectivity index (χ0) is 17.5. The summed E-state index contributed by atoms with van der Waals surface area (Å²) in [6.45, 7) is 29.1. The average Bonchev–Trinajstić information content (AvgIpc) is 2.46. The van der Waals surface area contributed by atoms with Gasteiger partial charge < -0.3 is 0 Å². The molecule has 124 valence electrons. The number of fused-ring (bicyclic) bond motifs is 2. The summed E-state index contributed by atoms with van der Waals surface area (Å²) in [7, 11) is 0. The molecule has 3 aliphatic carbocycles. The van der Waals surface area contributed by atoms with Crippen LogP contribution in [0.1, 0.15) is 83.1 Å². The van der Waals surface area contributed by atoms with Crippen molar-refractivity contribution in [1.82, 2.24) is 0 Å². The summed E-state index contributed by atoms with van der Waals surface area (Å²) in [6.07, 6.45) is 0. The fourth-order valence-electron chi connectivity index (χ4n) is 5.75. The maximum atomic E-state index is 2.49. The van der Waals surface area contributed by atoms with Crippen LogP contribution in [0.4, 0.5) is 0 Å². The second kappa shape index (κ2) is 4.40. The van der Waals surface area contributed by atoms with Crippen LogP contribution in [0, 0.1) is 21.7 Å². The van der Waals surface area contributed by atoms with Gasteiger partial charge in [-0.2, -0.15) is 0 Å². The molecule has 0 amide bonds. The van der Waals surface area contributed by atoms with Crippen molar-refractivity contribution in [3.8, 4) is 0 Å². The molecule has 0 aliphatic heterocycles. The van der Waals surface area contributed by atoms with Crippen molar-refractivity contribution in [3.05, 3.63) is 33.4 Å². The van der Waals surface area contributed by atoms with Crippen LogP contribution >= 0.6 is 0 Å². The SMILES string of the molecule is CC1=C(C)C2(C)C(C)=C(C)C(C)(C(C)=C1C)C(C)(C)C2(C)C. The summed E-state index contributed by atoms with van der Waals surface area (Å²) >= 11 is 0. The third-order valence-electron chi connectivity index (χ3n) is 9.31. The van der Waals surface area contributed by atoms with Crippen molar-refractivity contribution in [3.63, 3.8) is 0 Å². The molecule has 0 fully saturated rings. The molecule has 0 N–H and O–H groups in total. The van der Waals surface area contributed by atoms with Gasteiger partial charge in [-0.3, -0.25) is 0 Å². The van der Waals surface area contributed by atoms with Crippen molar-refractivity contribution in [2.45, 2.75) is 83.1 Å². The van der Waals surface area contributed by atoms with Gasteiger partial charge >= 0.3 is 0 Å². The molecule has 0 nitrogen and oxygen atoms in total. The van der Waals surface area contributed by atoms with E-state index in [4.69, 9.17) is 0 Å². The molecule has 3 rings (SSSR count). The Labute approximate surface area is 138 Å². The summed E-state index contributed by atoms with van der Waals surface area (Å²) in [5.74, 6) is 0. The Balaban J connectivity index is 3.17. The van der Waals surface area contributed by atoms with Crippen LogP contribution < -0.4 is 0 Å². The van der Waals surface area contributed by atoms with Crippen molar-refractivity contribution >= 4 is 0 Å². The van der Waals surface area contributed by atoms with E-state index in [1.807, 2.05) is 0 Å². The minimum absolute atomic E-state index is 0.117. The van der Waals surface area contributed by atoms with Gasteiger partial charge in [-0.15, -0.1) is 0 Å². The van der Waals surface area contributed by atoms with E-state index in [-0.39, 0.29) is 21.7 Å². The van der Waals surface area contributed by atoms with Gasteiger partial charge in [0.2, 0.25) is 0 Å². The maximum absolute atomic E-state index is 2.49. The third-order valence-corrected chi connectivity index (χ3v) is 9.31. The number of hydrogen-bond donors (Lipinski definition) is 0. The van der Waals surface area contributed by atoms with Crippen LogP contribution in [0.15, 0.2) is 33.4 Å². The molecule has 22 heavy (non-hydrogen) atoms. The summed E-state index contributed by atoms with van der Waals surface area (Å²) in [5, 5.41) is 0. The first-order chi connectivity index (χ1) is 9.70. The molecule has 2 unspecified atom stereocenters. The lowest BCUT2D eigenvalue weighted by Gasteiger charge is -2.68. The third kappa shape index (κ3) is 1.46. The first-order valence-corrected chi connectivity index (χ1v) is 8.75. The minimum atomic E-state index is 0.117. The van der Waals surface area contributed by atoms with Crippen LogP contribution in [-0.4, -0.2) is 0 Å². The molecular weight excluding hydrogens is 264 g/mol. The van der Waals surface area contributed by atoms with Crippen LogP contribution in [0.5, 0.6) is 0 Å². The van der Waals surface area contributed by atoms with Crippen LogP contribution in [0.3, 0.4) is 0 Å². The van der Waals surface area contributed by atoms with E-state index in [0.29, 0.717) is 0 Å². The second-order valence-electron chi connectivity index (χ2n) is 9.25. The van der Waals surface area contributed by atoms with E-state index in [2.05, 4.69) is 83.1 Å². The van der Waals surface area contributed by atoms with Gasteiger partial charge in [0.15, 0.2) is 0 Å². The molecule has 0 aromatic rings. The highest BCUT2D eigenvalue weighted by Crippen LogP contribution is 2.73. The Morgan fingerprint density at radius 2 is 0.636 bits per heavy atom. The average molecular weight is 301 g/mol. The fourth-order valence-corrected chi connectivity index (χ4v) is 5.75. The van der Waals surface area contributed by atoms with E-state index >= 15 is 0 Å². The Morgan fingerprint density at radius 3 is 0.864 bits per heavy atom. The van der Waals surface area contributed by atoms with Crippen molar-refractivity contribution in [1.29, 1.82) is 0 Å². The summed E-state index contributed by atoms with van der Waals surface area (Å²) in [4.78, 5) is 0. The molecule has 3 aliphatic rings. The summed E-state index contributed by atoms with van der Waals surface area (Å²) in [6, 6.07) is 0. The van der Waals surface area contributed by atoms with Gasteiger partial charge in [-0.1, -0.05) is 63.8 Å². The Morgan fingerprint density at radius 1 is 0.409 bits per heavy atom. The Hall–Kier alpha value is -0.780. The minimum Gasteiger partial charge on any atom is -0.0629 e. The van der Waals surface area contributed by atoms with E-state index in [0.717, 1.165) is 0 Å². The van der Waals surface area contributed by atoms with Gasteiger partial charge in [-0.25, -0.2) is 0 Å². The van der Waals surface area contributed by atoms with E-state index in [1.165, 1.54) is 11.1 Å². The van der Waals surface area contributed by atoms with Gasteiger partial charge in [0.05, 0.1) is 0 Å². The van der Waals surface area contributed by atoms with Gasteiger partial charge in [-0.05, 0) is 63.5 Å². The molecule has 0 saturated carbocycles. The summed E-state index contributed by atoms with van der Waals surface area (Å²) < 4.78 is 0. The summed E-state index contributed by atoms with van der Waals surface area (Å²) in [5.41, 5.74) is 9.90. The largest absolute Gasteiger partial charge is 0.0629 e. The quantitative estimate of drug-likeness (QED) is 0.419. The van der Waals surface area contributed by atoms with Crippen LogP contribution in [0.25, 0.3) is 0 Å². The van der Waals surface area contributed by atoms with Crippen molar-refractivity contribution < 1.29 is 0 Å². The lowest BCUT2D eigenvalue weighted by molar-refractivity contribution is -0.0691.